The van der Waals surface area contributed by atoms with E-state index in [9.17, 15) is 18.0 Å². The Hall–Kier alpha value is -1.35. The fourth-order valence-corrected chi connectivity index (χ4v) is 4.42. The second-order valence-corrected chi connectivity index (χ2v) is 7.72. The van der Waals surface area contributed by atoms with Gasteiger partial charge in [-0.25, -0.2) is 13.2 Å². The fraction of sp³-hybridized carbons (Fsp3) is 0.833. The number of carboxylic acid groups (broad SMARTS) is 1. The summed E-state index contributed by atoms with van der Waals surface area (Å²) in [5, 5.41) is 8.99. The van der Waals surface area contributed by atoms with Crippen LogP contribution < -0.4 is 0 Å². The van der Waals surface area contributed by atoms with Crippen LogP contribution >= 0.6 is 0 Å². The maximum Gasteiger partial charge on any atom is 0.323 e. The lowest BCUT2D eigenvalue weighted by Crippen LogP contribution is -2.54. The number of hydrogen-bond donors (Lipinski definition) is 1. The summed E-state index contributed by atoms with van der Waals surface area (Å²) in [7, 11) is -3.18. The van der Waals surface area contributed by atoms with Crippen molar-refractivity contribution in [2.75, 3.05) is 37.7 Å². The zero-order chi connectivity index (χ0) is 15.6. The molecule has 2 rings (SSSR count). The average molecular weight is 320 g/mol. The number of ether oxygens (including phenoxy) is 1. The lowest BCUT2D eigenvalue weighted by atomic mass is 10.2. The monoisotopic (exact) mass is 320 g/mol. The summed E-state index contributed by atoms with van der Waals surface area (Å²) in [6, 6.07) is -0.980. The molecule has 0 bridgehead atoms. The van der Waals surface area contributed by atoms with Crippen LogP contribution in [0.1, 0.15) is 13.3 Å². The maximum absolute atomic E-state index is 12.5. The van der Waals surface area contributed by atoms with Gasteiger partial charge in [0.15, 0.2) is 9.84 Å². The maximum atomic E-state index is 12.5. The minimum Gasteiger partial charge on any atom is -0.480 e. The molecule has 1 N–H and O–H groups in total. The highest BCUT2D eigenvalue weighted by Crippen LogP contribution is 2.20. The van der Waals surface area contributed by atoms with Crippen molar-refractivity contribution in [3.63, 3.8) is 0 Å². The summed E-state index contributed by atoms with van der Waals surface area (Å²) in [4.78, 5) is 26.2. The van der Waals surface area contributed by atoms with Crippen molar-refractivity contribution < 1.29 is 27.9 Å². The molecule has 2 unspecified atom stereocenters. The van der Waals surface area contributed by atoms with Gasteiger partial charge in [-0.1, -0.05) is 0 Å². The van der Waals surface area contributed by atoms with Crippen LogP contribution in [0.4, 0.5) is 4.79 Å². The summed E-state index contributed by atoms with van der Waals surface area (Å²) < 4.78 is 28.5. The molecule has 2 heterocycles. The number of rotatable bonds is 3. The summed E-state index contributed by atoms with van der Waals surface area (Å²) in [5.74, 6) is -1.30. The van der Waals surface area contributed by atoms with Gasteiger partial charge >= 0.3 is 12.0 Å². The standard InChI is InChI=1S/C12H20N2O6S/c1-9-6-13(3-4-20-9)12(17)14(7-11(15)16)10-2-5-21(18,19)8-10/h9-10H,2-8H2,1H3,(H,15,16). The number of sulfone groups is 1. The number of hydrogen-bond acceptors (Lipinski definition) is 5. The summed E-state index contributed by atoms with van der Waals surface area (Å²) in [5.41, 5.74) is 0. The van der Waals surface area contributed by atoms with Gasteiger partial charge in [0, 0.05) is 19.1 Å². The van der Waals surface area contributed by atoms with Gasteiger partial charge < -0.3 is 19.6 Å². The number of urea groups is 1. The minimum absolute atomic E-state index is 0.000575. The first kappa shape index (κ1) is 16.0. The Balaban J connectivity index is 2.11. The second kappa shape index (κ2) is 6.18. The van der Waals surface area contributed by atoms with E-state index in [-0.39, 0.29) is 17.6 Å². The molecule has 0 aromatic heterocycles. The van der Waals surface area contributed by atoms with Crippen LogP contribution in [-0.2, 0) is 19.4 Å². The van der Waals surface area contributed by atoms with Gasteiger partial charge in [-0.05, 0) is 13.3 Å². The van der Waals surface area contributed by atoms with Gasteiger partial charge in [-0.3, -0.25) is 4.79 Å². The Labute approximate surface area is 123 Å². The minimum atomic E-state index is -3.18. The van der Waals surface area contributed by atoms with Gasteiger partial charge in [-0.2, -0.15) is 0 Å². The van der Waals surface area contributed by atoms with Gasteiger partial charge in [0.25, 0.3) is 0 Å². The summed E-state index contributed by atoms with van der Waals surface area (Å²) >= 11 is 0. The van der Waals surface area contributed by atoms with Crippen molar-refractivity contribution in [1.82, 2.24) is 9.80 Å². The van der Waals surface area contributed by atoms with Crippen LogP contribution in [0, 0.1) is 0 Å². The van der Waals surface area contributed by atoms with E-state index in [1.807, 2.05) is 6.92 Å². The van der Waals surface area contributed by atoms with E-state index in [0.29, 0.717) is 26.1 Å². The molecule has 2 aliphatic rings. The number of nitrogens with zero attached hydrogens (tertiary/aromatic N) is 2. The number of carbonyl (C=O) groups is 2. The highest BCUT2D eigenvalue weighted by molar-refractivity contribution is 7.91. The molecule has 120 valence electrons. The van der Waals surface area contributed by atoms with Crippen LogP contribution in [0.3, 0.4) is 0 Å². The molecule has 2 aliphatic heterocycles. The number of aliphatic carboxylic acids is 1. The van der Waals surface area contributed by atoms with E-state index in [1.165, 1.54) is 9.80 Å². The number of morpholine rings is 1. The van der Waals surface area contributed by atoms with E-state index in [1.54, 1.807) is 0 Å². The SMILES string of the molecule is CC1CN(C(=O)N(CC(=O)O)C2CCS(=O)(=O)C2)CCO1. The zero-order valence-electron chi connectivity index (χ0n) is 11.9. The third-order valence-corrected chi connectivity index (χ3v) is 5.46. The molecule has 2 atom stereocenters. The average Bonchev–Trinajstić information content (AvgIpc) is 2.75. The summed E-state index contributed by atoms with van der Waals surface area (Å²) in [6.07, 6.45) is 0.183. The molecule has 0 aliphatic carbocycles. The quantitative estimate of drug-likeness (QED) is 0.745. The van der Waals surface area contributed by atoms with Crippen molar-refractivity contribution in [3.05, 3.63) is 0 Å². The number of carbonyl (C=O) groups excluding carboxylic acids is 1. The first-order valence-electron chi connectivity index (χ1n) is 6.88. The van der Waals surface area contributed by atoms with Gasteiger partial charge in [-0.15, -0.1) is 0 Å². The predicted molar refractivity (Wildman–Crippen MR) is 73.8 cm³/mol. The van der Waals surface area contributed by atoms with Gasteiger partial charge in [0.1, 0.15) is 6.54 Å². The Kier molecular flexibility index (Phi) is 4.72. The molecule has 21 heavy (non-hydrogen) atoms. The zero-order valence-corrected chi connectivity index (χ0v) is 12.7. The Morgan fingerprint density at radius 2 is 2.14 bits per heavy atom. The molecule has 0 aromatic carbocycles. The third kappa shape index (κ3) is 4.07. The third-order valence-electron chi connectivity index (χ3n) is 3.71. The highest BCUT2D eigenvalue weighted by Gasteiger charge is 2.38. The molecule has 2 saturated heterocycles. The molecule has 0 radical (unpaired) electrons. The topological polar surface area (TPSA) is 104 Å². The molecule has 8 nitrogen and oxygen atoms in total. The normalized spacial score (nSPS) is 28.3. The van der Waals surface area contributed by atoms with E-state index < -0.39 is 34.4 Å². The van der Waals surface area contributed by atoms with Crippen molar-refractivity contribution in [3.8, 4) is 0 Å². The molecular weight excluding hydrogens is 300 g/mol. The molecular formula is C12H20N2O6S. The molecule has 0 aromatic rings. The van der Waals surface area contributed by atoms with Crippen molar-refractivity contribution >= 4 is 21.8 Å². The molecule has 9 heteroatoms. The lowest BCUT2D eigenvalue weighted by Gasteiger charge is -2.36. The van der Waals surface area contributed by atoms with Crippen LogP contribution in [0.5, 0.6) is 0 Å². The highest BCUT2D eigenvalue weighted by atomic mass is 32.2. The Morgan fingerprint density at radius 1 is 1.43 bits per heavy atom. The lowest BCUT2D eigenvalue weighted by molar-refractivity contribution is -0.138. The van der Waals surface area contributed by atoms with E-state index in [4.69, 9.17) is 9.84 Å². The first-order valence-corrected chi connectivity index (χ1v) is 8.70. The van der Waals surface area contributed by atoms with E-state index in [2.05, 4.69) is 0 Å². The molecule has 0 saturated carbocycles. The molecule has 0 spiro atoms. The molecule has 2 fully saturated rings. The van der Waals surface area contributed by atoms with E-state index in [0.717, 1.165) is 0 Å². The Morgan fingerprint density at radius 3 is 2.67 bits per heavy atom. The van der Waals surface area contributed by atoms with Gasteiger partial charge in [0.2, 0.25) is 0 Å². The summed E-state index contributed by atoms with van der Waals surface area (Å²) in [6.45, 7) is 2.52. The van der Waals surface area contributed by atoms with Crippen LogP contribution in [-0.4, -0.2) is 85.2 Å². The van der Waals surface area contributed by atoms with E-state index >= 15 is 0 Å². The van der Waals surface area contributed by atoms with Crippen LogP contribution in [0.15, 0.2) is 0 Å². The van der Waals surface area contributed by atoms with Gasteiger partial charge in [0.05, 0.1) is 24.2 Å². The Bertz CT molecular complexity index is 520. The van der Waals surface area contributed by atoms with Crippen molar-refractivity contribution in [2.24, 2.45) is 0 Å². The molecule has 2 amide bonds. The first-order chi connectivity index (χ1) is 9.78. The number of amides is 2. The van der Waals surface area contributed by atoms with Crippen LogP contribution in [0.2, 0.25) is 0 Å². The van der Waals surface area contributed by atoms with Crippen molar-refractivity contribution in [2.45, 2.75) is 25.5 Å². The second-order valence-electron chi connectivity index (χ2n) is 5.49. The number of carboxylic acids is 1. The predicted octanol–water partition coefficient (Wildman–Crippen LogP) is -0.599. The van der Waals surface area contributed by atoms with Crippen LogP contribution in [0.25, 0.3) is 0 Å². The largest absolute Gasteiger partial charge is 0.480 e. The fourth-order valence-electron chi connectivity index (χ4n) is 2.69. The van der Waals surface area contributed by atoms with Crippen molar-refractivity contribution in [1.29, 1.82) is 0 Å². The smallest absolute Gasteiger partial charge is 0.323 e.